The van der Waals surface area contributed by atoms with E-state index in [0.717, 1.165) is 31.6 Å². The van der Waals surface area contributed by atoms with Crippen LogP contribution in [0, 0.1) is 6.92 Å². The molecule has 0 spiro atoms. The maximum Gasteiger partial charge on any atom is 0.142 e. The third-order valence-electron chi connectivity index (χ3n) is 1.82. The molecular formula is C11H16NO. The molecule has 0 aliphatic heterocycles. The van der Waals surface area contributed by atoms with Crippen LogP contribution in [0.25, 0.3) is 0 Å². The number of benzene rings is 1. The van der Waals surface area contributed by atoms with E-state index in [0.29, 0.717) is 5.69 Å². The maximum absolute atomic E-state index is 5.70. The van der Waals surface area contributed by atoms with Crippen molar-refractivity contribution in [2.75, 3.05) is 12.3 Å². The van der Waals surface area contributed by atoms with Crippen LogP contribution in [-0.4, -0.2) is 6.61 Å². The number of rotatable bonds is 5. The summed E-state index contributed by atoms with van der Waals surface area (Å²) < 4.78 is 5.49. The molecule has 0 saturated heterocycles. The fourth-order valence-electron chi connectivity index (χ4n) is 1.07. The van der Waals surface area contributed by atoms with Gasteiger partial charge >= 0.3 is 0 Å². The summed E-state index contributed by atoms with van der Waals surface area (Å²) in [4.78, 5) is 0. The average molecular weight is 178 g/mol. The Morgan fingerprint density at radius 3 is 2.69 bits per heavy atom. The standard InChI is InChI=1S/C11H16NO/c1-2-3-6-9-13-11-8-5-4-7-10(11)12/h4-5,7-8H,1-3,6,9,12H2. The van der Waals surface area contributed by atoms with Gasteiger partial charge in [0.2, 0.25) is 0 Å². The molecule has 0 unspecified atom stereocenters. The Bertz CT molecular complexity index is 248. The molecule has 0 atom stereocenters. The Labute approximate surface area is 79.7 Å². The highest BCUT2D eigenvalue weighted by atomic mass is 16.5. The largest absolute Gasteiger partial charge is 0.491 e. The van der Waals surface area contributed by atoms with Crippen molar-refractivity contribution in [3.05, 3.63) is 31.2 Å². The fourth-order valence-corrected chi connectivity index (χ4v) is 1.07. The Hall–Kier alpha value is -1.18. The summed E-state index contributed by atoms with van der Waals surface area (Å²) in [6.45, 7) is 4.49. The first-order valence-corrected chi connectivity index (χ1v) is 4.61. The molecule has 0 heterocycles. The lowest BCUT2D eigenvalue weighted by molar-refractivity contribution is 0.309. The normalized spacial score (nSPS) is 9.92. The molecule has 1 aromatic carbocycles. The van der Waals surface area contributed by atoms with Crippen molar-refractivity contribution in [1.82, 2.24) is 0 Å². The van der Waals surface area contributed by atoms with Gasteiger partial charge in [-0.15, -0.1) is 0 Å². The van der Waals surface area contributed by atoms with Gasteiger partial charge in [-0.3, -0.25) is 0 Å². The van der Waals surface area contributed by atoms with E-state index in [9.17, 15) is 0 Å². The lowest BCUT2D eigenvalue weighted by atomic mass is 10.2. The van der Waals surface area contributed by atoms with E-state index in [-0.39, 0.29) is 0 Å². The molecule has 1 rings (SSSR count). The number of para-hydroxylation sites is 2. The van der Waals surface area contributed by atoms with E-state index >= 15 is 0 Å². The van der Waals surface area contributed by atoms with Crippen LogP contribution in [0.5, 0.6) is 5.75 Å². The smallest absolute Gasteiger partial charge is 0.142 e. The molecule has 0 saturated carbocycles. The Balaban J connectivity index is 2.32. The van der Waals surface area contributed by atoms with Crippen LogP contribution in [0.4, 0.5) is 5.69 Å². The molecule has 0 fully saturated rings. The van der Waals surface area contributed by atoms with Gasteiger partial charge < -0.3 is 10.5 Å². The zero-order valence-corrected chi connectivity index (χ0v) is 7.83. The molecule has 0 aliphatic carbocycles. The predicted molar refractivity (Wildman–Crippen MR) is 55.6 cm³/mol. The van der Waals surface area contributed by atoms with E-state index in [1.165, 1.54) is 0 Å². The second-order valence-electron chi connectivity index (χ2n) is 2.95. The van der Waals surface area contributed by atoms with Gasteiger partial charge in [0.1, 0.15) is 5.75 Å². The number of unbranched alkanes of at least 4 members (excludes halogenated alkanes) is 2. The third kappa shape index (κ3) is 3.36. The summed E-state index contributed by atoms with van der Waals surface area (Å²) in [5, 5.41) is 0. The molecule has 1 aromatic rings. The van der Waals surface area contributed by atoms with E-state index in [2.05, 4.69) is 6.92 Å². The van der Waals surface area contributed by atoms with E-state index in [1.54, 1.807) is 0 Å². The lowest BCUT2D eigenvalue weighted by Crippen LogP contribution is -1.99. The summed E-state index contributed by atoms with van der Waals surface area (Å²) in [6, 6.07) is 7.56. The fraction of sp³-hybridized carbons (Fsp3) is 0.364. The SMILES string of the molecule is [CH2]CCCCOc1ccccc1N. The first-order chi connectivity index (χ1) is 6.34. The molecule has 1 radical (unpaired) electrons. The maximum atomic E-state index is 5.70. The van der Waals surface area contributed by atoms with Crippen molar-refractivity contribution >= 4 is 5.69 Å². The number of hydrogen-bond acceptors (Lipinski definition) is 2. The molecule has 2 N–H and O–H groups in total. The molecule has 2 nitrogen and oxygen atoms in total. The zero-order valence-electron chi connectivity index (χ0n) is 7.83. The second kappa shape index (κ2) is 5.46. The minimum atomic E-state index is 0.706. The first-order valence-electron chi connectivity index (χ1n) is 4.61. The van der Waals surface area contributed by atoms with Gasteiger partial charge in [0, 0.05) is 0 Å². The quantitative estimate of drug-likeness (QED) is 0.555. The Morgan fingerprint density at radius 1 is 1.23 bits per heavy atom. The van der Waals surface area contributed by atoms with Crippen molar-refractivity contribution < 1.29 is 4.74 Å². The topological polar surface area (TPSA) is 35.2 Å². The van der Waals surface area contributed by atoms with Crippen molar-refractivity contribution in [1.29, 1.82) is 0 Å². The van der Waals surface area contributed by atoms with Crippen LogP contribution < -0.4 is 10.5 Å². The van der Waals surface area contributed by atoms with Crippen LogP contribution in [0.2, 0.25) is 0 Å². The highest BCUT2D eigenvalue weighted by Gasteiger charge is 1.96. The lowest BCUT2D eigenvalue weighted by Gasteiger charge is -2.07. The number of ether oxygens (including phenoxy) is 1. The number of anilines is 1. The number of nitrogens with two attached hydrogens (primary N) is 1. The molecule has 0 aliphatic rings. The summed E-state index contributed by atoms with van der Waals surface area (Å²) in [6.07, 6.45) is 3.11. The van der Waals surface area contributed by atoms with Gasteiger partial charge in [0.15, 0.2) is 0 Å². The average Bonchev–Trinajstić information content (AvgIpc) is 2.15. The minimum absolute atomic E-state index is 0.706. The summed E-state index contributed by atoms with van der Waals surface area (Å²) in [5.74, 6) is 0.784. The second-order valence-corrected chi connectivity index (χ2v) is 2.95. The zero-order chi connectivity index (χ0) is 9.52. The third-order valence-corrected chi connectivity index (χ3v) is 1.82. The van der Waals surface area contributed by atoms with Gasteiger partial charge in [0.05, 0.1) is 12.3 Å². The highest BCUT2D eigenvalue weighted by molar-refractivity contribution is 5.51. The number of nitrogen functional groups attached to an aromatic ring is 1. The Kier molecular flexibility index (Phi) is 4.16. The van der Waals surface area contributed by atoms with Crippen LogP contribution in [0.3, 0.4) is 0 Å². The van der Waals surface area contributed by atoms with Crippen LogP contribution in [0.1, 0.15) is 19.3 Å². The molecule has 71 valence electrons. The van der Waals surface area contributed by atoms with Crippen molar-refractivity contribution in [3.8, 4) is 5.75 Å². The van der Waals surface area contributed by atoms with Gasteiger partial charge in [-0.05, 0) is 18.6 Å². The van der Waals surface area contributed by atoms with Crippen molar-refractivity contribution in [2.45, 2.75) is 19.3 Å². The van der Waals surface area contributed by atoms with E-state index in [1.807, 2.05) is 24.3 Å². The van der Waals surface area contributed by atoms with Crippen LogP contribution in [-0.2, 0) is 0 Å². The van der Waals surface area contributed by atoms with Crippen molar-refractivity contribution in [3.63, 3.8) is 0 Å². The first kappa shape index (κ1) is 9.90. The molecule has 0 bridgehead atoms. The van der Waals surface area contributed by atoms with E-state index in [4.69, 9.17) is 10.5 Å². The summed E-state index contributed by atoms with van der Waals surface area (Å²) >= 11 is 0. The molecule has 0 amide bonds. The monoisotopic (exact) mass is 178 g/mol. The van der Waals surface area contributed by atoms with Crippen LogP contribution >= 0.6 is 0 Å². The summed E-state index contributed by atoms with van der Waals surface area (Å²) in [5.41, 5.74) is 6.40. The number of hydrogen-bond donors (Lipinski definition) is 1. The molecule has 2 heteroatoms. The van der Waals surface area contributed by atoms with Crippen molar-refractivity contribution in [2.24, 2.45) is 0 Å². The Morgan fingerprint density at radius 2 is 2.00 bits per heavy atom. The molecule has 0 aromatic heterocycles. The predicted octanol–water partition coefficient (Wildman–Crippen LogP) is 2.65. The van der Waals surface area contributed by atoms with Gasteiger partial charge in [-0.2, -0.15) is 0 Å². The van der Waals surface area contributed by atoms with E-state index < -0.39 is 0 Å². The molecule has 13 heavy (non-hydrogen) atoms. The van der Waals surface area contributed by atoms with Gasteiger partial charge in [-0.1, -0.05) is 31.9 Å². The minimum Gasteiger partial charge on any atom is -0.491 e. The van der Waals surface area contributed by atoms with Gasteiger partial charge in [0.25, 0.3) is 0 Å². The highest BCUT2D eigenvalue weighted by Crippen LogP contribution is 2.19. The van der Waals surface area contributed by atoms with Crippen LogP contribution in [0.15, 0.2) is 24.3 Å². The summed E-state index contributed by atoms with van der Waals surface area (Å²) in [7, 11) is 0. The molecular weight excluding hydrogens is 162 g/mol. The van der Waals surface area contributed by atoms with Gasteiger partial charge in [-0.25, -0.2) is 0 Å².